The van der Waals surface area contributed by atoms with Crippen LogP contribution in [-0.2, 0) is 24.4 Å². The summed E-state index contributed by atoms with van der Waals surface area (Å²) in [5.41, 5.74) is 6.45. The number of carbonyl (C=O) groups is 3. The molecule has 272 valence electrons. The molecule has 2 aliphatic carbocycles. The van der Waals surface area contributed by atoms with E-state index in [4.69, 9.17) is 5.73 Å². The van der Waals surface area contributed by atoms with E-state index in [-0.39, 0.29) is 35.1 Å². The third kappa shape index (κ3) is 10.7. The minimum atomic E-state index is -3.47. The summed E-state index contributed by atoms with van der Waals surface area (Å²) in [7, 11) is -3.47. The van der Waals surface area contributed by atoms with Crippen LogP contribution in [0.5, 0.6) is 0 Å². The van der Waals surface area contributed by atoms with Crippen LogP contribution in [0, 0.1) is 23.5 Å². The maximum Gasteiger partial charge on any atom is 0.305 e. The lowest BCUT2D eigenvalue weighted by Crippen LogP contribution is -2.45. The lowest BCUT2D eigenvalue weighted by Gasteiger charge is -2.22. The molecule has 1 aromatic heterocycles. The van der Waals surface area contributed by atoms with E-state index in [1.54, 1.807) is 6.92 Å². The van der Waals surface area contributed by atoms with Crippen molar-refractivity contribution >= 4 is 55.0 Å². The summed E-state index contributed by atoms with van der Waals surface area (Å²) in [6, 6.07) is 10.4. The second-order valence-electron chi connectivity index (χ2n) is 13.0. The first kappa shape index (κ1) is 38.7. The Balaban J connectivity index is 0.000000178. The molecular weight excluding hydrogens is 689 g/mol. The van der Waals surface area contributed by atoms with E-state index in [2.05, 4.69) is 34.1 Å². The number of unbranched alkanes of at least 4 members (excludes halogenated alkanes) is 3. The summed E-state index contributed by atoms with van der Waals surface area (Å²) in [6.07, 6.45) is 12.3. The zero-order valence-electron chi connectivity index (χ0n) is 28.3. The second kappa shape index (κ2) is 17.2. The number of H-pyrrole nitrogens is 1. The molecular formula is C35H45F2N5O6S2. The largest absolute Gasteiger partial charge is 0.376 e. The topological polar surface area (TPSA) is 172 Å². The highest BCUT2D eigenvalue weighted by atomic mass is 32.2. The number of hydrogen-bond donors (Lipinski definition) is 4. The van der Waals surface area contributed by atoms with Crippen molar-refractivity contribution in [1.29, 1.82) is 0 Å². The summed E-state index contributed by atoms with van der Waals surface area (Å²) in [6.45, 7) is 4.24. The van der Waals surface area contributed by atoms with Crippen molar-refractivity contribution in [2.24, 2.45) is 17.6 Å². The number of aromatic nitrogens is 1. The molecule has 6 rings (SSSR count). The molecule has 5 N–H and O–H groups in total. The van der Waals surface area contributed by atoms with E-state index in [0.717, 1.165) is 41.6 Å². The predicted octanol–water partition coefficient (Wildman–Crippen LogP) is 5.20. The Morgan fingerprint density at radius 3 is 2.52 bits per heavy atom. The number of primary amides is 1. The number of aromatic amines is 1. The number of nitrogens with one attached hydrogen (secondary N) is 3. The molecule has 50 heavy (non-hydrogen) atoms. The first-order chi connectivity index (χ1) is 23.7. The third-order valence-corrected chi connectivity index (χ3v) is 12.0. The number of hydrogen-bond acceptors (Lipinski definition) is 8. The normalized spacial score (nSPS) is 20.3. The number of thiazole rings is 1. The maximum absolute atomic E-state index is 13.0. The fourth-order valence-electron chi connectivity index (χ4n) is 5.43. The molecule has 1 saturated heterocycles. The van der Waals surface area contributed by atoms with Gasteiger partial charge in [0.15, 0.2) is 11.6 Å². The predicted molar refractivity (Wildman–Crippen MR) is 191 cm³/mol. The number of likely N-dealkylation sites (tertiary alicyclic amines) is 1. The molecule has 3 fully saturated rings. The van der Waals surface area contributed by atoms with Gasteiger partial charge in [-0.1, -0.05) is 55.4 Å². The number of rotatable bonds is 12. The monoisotopic (exact) mass is 733 g/mol. The average molecular weight is 734 g/mol. The van der Waals surface area contributed by atoms with Gasteiger partial charge < -0.3 is 20.9 Å². The van der Waals surface area contributed by atoms with Gasteiger partial charge in [0.1, 0.15) is 6.04 Å². The Bertz CT molecular complexity index is 1820. The Morgan fingerprint density at radius 2 is 1.86 bits per heavy atom. The van der Waals surface area contributed by atoms with E-state index >= 15 is 0 Å². The van der Waals surface area contributed by atoms with Crippen molar-refractivity contribution in [3.63, 3.8) is 0 Å². The fourth-order valence-corrected chi connectivity index (χ4v) is 7.47. The van der Waals surface area contributed by atoms with Gasteiger partial charge in [-0.15, -0.1) is 0 Å². The van der Waals surface area contributed by atoms with Crippen molar-refractivity contribution in [3.05, 3.63) is 75.9 Å². The highest BCUT2D eigenvalue weighted by Gasteiger charge is 2.52. The van der Waals surface area contributed by atoms with Gasteiger partial charge in [0.2, 0.25) is 27.7 Å². The SMILES string of the molecule is CCCCC/C=C\C1CC1C(=O)NS(=O)(=O)C1(C)CC1.NC(=O)C1CCCN1C(=O)CNc1ccc(F)c(F)c1.O=c1[nH]c2ccccc2s1. The maximum atomic E-state index is 13.0. The number of nitrogens with two attached hydrogens (primary N) is 1. The Hall–Kier alpha value is -4.11. The number of allylic oxidation sites excluding steroid dienone is 2. The number of para-hydroxylation sites is 1. The Kier molecular flexibility index (Phi) is 13.3. The van der Waals surface area contributed by atoms with Crippen molar-refractivity contribution in [3.8, 4) is 0 Å². The Labute approximate surface area is 294 Å². The van der Waals surface area contributed by atoms with Gasteiger partial charge in [-0.05, 0) is 82.1 Å². The summed E-state index contributed by atoms with van der Waals surface area (Å²) >= 11 is 1.24. The van der Waals surface area contributed by atoms with Crippen molar-refractivity contribution in [2.45, 2.75) is 82.4 Å². The lowest BCUT2D eigenvalue weighted by atomic mass is 10.2. The van der Waals surface area contributed by atoms with Gasteiger partial charge in [0, 0.05) is 24.2 Å². The van der Waals surface area contributed by atoms with E-state index in [1.165, 1.54) is 41.6 Å². The molecule has 1 aliphatic heterocycles. The minimum absolute atomic E-state index is 0.0150. The number of benzene rings is 2. The van der Waals surface area contributed by atoms with E-state index in [1.807, 2.05) is 24.3 Å². The first-order valence-electron chi connectivity index (χ1n) is 16.8. The molecule has 2 aromatic carbocycles. The molecule has 0 spiro atoms. The molecule has 0 radical (unpaired) electrons. The van der Waals surface area contributed by atoms with Crippen molar-refractivity contribution in [1.82, 2.24) is 14.6 Å². The van der Waals surface area contributed by atoms with Gasteiger partial charge in [0.25, 0.3) is 0 Å². The highest BCUT2D eigenvalue weighted by molar-refractivity contribution is 7.91. The Morgan fingerprint density at radius 1 is 1.12 bits per heavy atom. The molecule has 3 amide bonds. The van der Waals surface area contributed by atoms with Crippen LogP contribution < -0.4 is 20.6 Å². The summed E-state index contributed by atoms with van der Waals surface area (Å²) < 4.78 is 52.2. The molecule has 15 heteroatoms. The van der Waals surface area contributed by atoms with E-state index in [9.17, 15) is 36.4 Å². The molecule has 3 atom stereocenters. The molecule has 3 aromatic rings. The summed E-state index contributed by atoms with van der Waals surface area (Å²) in [4.78, 5) is 50.0. The van der Waals surface area contributed by atoms with Crippen molar-refractivity contribution in [2.75, 3.05) is 18.4 Å². The molecule has 2 saturated carbocycles. The fraction of sp³-hybridized carbons (Fsp3) is 0.486. The summed E-state index contributed by atoms with van der Waals surface area (Å²) in [5, 5.41) is 2.70. The van der Waals surface area contributed by atoms with Crippen LogP contribution in [0.25, 0.3) is 10.2 Å². The minimum Gasteiger partial charge on any atom is -0.376 e. The van der Waals surface area contributed by atoms with Crippen LogP contribution in [0.2, 0.25) is 0 Å². The van der Waals surface area contributed by atoms with Gasteiger partial charge in [-0.3, -0.25) is 23.9 Å². The number of amides is 3. The van der Waals surface area contributed by atoms with Gasteiger partial charge >= 0.3 is 4.87 Å². The van der Waals surface area contributed by atoms with Crippen LogP contribution in [-0.4, -0.2) is 59.9 Å². The molecule has 11 nitrogen and oxygen atoms in total. The molecule has 3 aliphatic rings. The number of halogens is 2. The number of fused-ring (bicyclic) bond motifs is 1. The van der Waals surface area contributed by atoms with Crippen LogP contribution in [0.4, 0.5) is 14.5 Å². The highest BCUT2D eigenvalue weighted by Crippen LogP contribution is 2.44. The average Bonchev–Trinajstić information content (AvgIpc) is 3.92. The molecule has 0 bridgehead atoms. The zero-order chi connectivity index (χ0) is 36.5. The number of sulfonamides is 1. The van der Waals surface area contributed by atoms with Gasteiger partial charge in [-0.25, -0.2) is 17.2 Å². The quantitative estimate of drug-likeness (QED) is 0.146. The van der Waals surface area contributed by atoms with Crippen LogP contribution >= 0.6 is 11.3 Å². The van der Waals surface area contributed by atoms with E-state index < -0.39 is 38.4 Å². The number of nitrogens with zero attached hydrogens (tertiary/aromatic N) is 1. The zero-order valence-corrected chi connectivity index (χ0v) is 29.9. The van der Waals surface area contributed by atoms with Crippen LogP contribution in [0.1, 0.15) is 71.6 Å². The van der Waals surface area contributed by atoms with Crippen LogP contribution in [0.3, 0.4) is 0 Å². The summed E-state index contributed by atoms with van der Waals surface area (Å²) in [5.74, 6) is -2.98. The van der Waals surface area contributed by atoms with E-state index in [0.29, 0.717) is 31.5 Å². The standard InChI is InChI=1S/C15H25NO3S.C13H15F2N3O2.C7H5NOS/c1-3-4-5-6-7-8-12-11-13(12)14(17)16-20(18,19)15(2)9-10-15;14-9-4-3-8(6-10(9)15)17-7-12(19)18-5-1-2-11(18)13(16)20;9-7-8-5-3-1-2-4-6(5)10-7/h7-8,12-13H,3-6,9-11H2,1-2H3,(H,16,17);3-4,6,11,17H,1-2,5,7H2,(H2,16,20);1-4H,(H,8,9)/b8-7-;;. The van der Waals surface area contributed by atoms with Crippen molar-refractivity contribution < 1.29 is 31.6 Å². The number of anilines is 1. The number of carbonyl (C=O) groups excluding carboxylic acids is 3. The molecule has 3 unspecified atom stereocenters. The lowest BCUT2D eigenvalue weighted by molar-refractivity contribution is -0.135. The molecule has 2 heterocycles. The second-order valence-corrected chi connectivity index (χ2v) is 16.2. The smallest absolute Gasteiger partial charge is 0.305 e. The first-order valence-corrected chi connectivity index (χ1v) is 19.1. The van der Waals surface area contributed by atoms with Gasteiger partial charge in [0.05, 0.1) is 21.5 Å². The van der Waals surface area contributed by atoms with Crippen LogP contribution in [0.15, 0.2) is 59.4 Å². The third-order valence-electron chi connectivity index (χ3n) is 8.96. The van der Waals surface area contributed by atoms with Gasteiger partial charge in [-0.2, -0.15) is 0 Å².